The summed E-state index contributed by atoms with van der Waals surface area (Å²) in [6.07, 6.45) is 1.77. The molecule has 4 rings (SSSR count). The average Bonchev–Trinajstić information content (AvgIpc) is 3.14. The minimum atomic E-state index is -0.504. The highest BCUT2D eigenvalue weighted by Crippen LogP contribution is 2.08. The zero-order valence-corrected chi connectivity index (χ0v) is 14.4. The Hall–Kier alpha value is -3.13. The van der Waals surface area contributed by atoms with Crippen LogP contribution in [0.4, 0.5) is 4.39 Å². The van der Waals surface area contributed by atoms with Crippen LogP contribution in [-0.4, -0.2) is 14.6 Å². The topological polar surface area (TPSA) is 77.5 Å². The molecule has 0 saturated carbocycles. The highest BCUT2D eigenvalue weighted by molar-refractivity contribution is 7.15. The van der Waals surface area contributed by atoms with Crippen LogP contribution in [0.2, 0.25) is 0 Å². The Morgan fingerprint density at radius 1 is 1.19 bits per heavy atom. The Balaban J connectivity index is 1.80. The quantitative estimate of drug-likeness (QED) is 0.549. The predicted octanol–water partition coefficient (Wildman–Crippen LogP) is 1.69. The molecule has 3 aromatic heterocycles. The summed E-state index contributed by atoms with van der Waals surface area (Å²) in [4.78, 5) is 28.9. The lowest BCUT2D eigenvalue weighted by molar-refractivity contribution is 0.525. The van der Waals surface area contributed by atoms with E-state index >= 15 is 0 Å². The molecule has 6 nitrogen and oxygen atoms in total. The highest BCUT2D eigenvalue weighted by atomic mass is 32.1. The molecule has 8 heteroatoms. The van der Waals surface area contributed by atoms with Gasteiger partial charge in [-0.25, -0.2) is 4.39 Å². The van der Waals surface area contributed by atoms with E-state index in [0.29, 0.717) is 15.9 Å². The molecule has 3 heterocycles. The van der Waals surface area contributed by atoms with E-state index in [1.807, 2.05) is 6.92 Å². The number of benzene rings is 1. The SMILES string of the molecule is Cc1ccc(/C=c2\sc3nc(=O)c(Cc4ccc(F)cc4)nn3c2=O)o1. The highest BCUT2D eigenvalue weighted by Gasteiger charge is 2.12. The molecule has 0 unspecified atom stereocenters. The number of fused-ring (bicyclic) bond motifs is 1. The first-order valence-electron chi connectivity index (χ1n) is 7.75. The van der Waals surface area contributed by atoms with E-state index in [-0.39, 0.29) is 28.5 Å². The summed E-state index contributed by atoms with van der Waals surface area (Å²) in [6.45, 7) is 1.81. The van der Waals surface area contributed by atoms with Crippen molar-refractivity contribution in [3.63, 3.8) is 0 Å². The van der Waals surface area contributed by atoms with Crippen LogP contribution in [0.5, 0.6) is 0 Å². The number of rotatable bonds is 3. The second-order valence-corrected chi connectivity index (χ2v) is 6.73. The van der Waals surface area contributed by atoms with Gasteiger partial charge in [-0.3, -0.25) is 9.59 Å². The van der Waals surface area contributed by atoms with Crippen LogP contribution in [0.15, 0.2) is 50.4 Å². The summed E-state index contributed by atoms with van der Waals surface area (Å²) in [5.41, 5.74) is -0.0365. The zero-order chi connectivity index (χ0) is 18.3. The second kappa shape index (κ2) is 6.30. The van der Waals surface area contributed by atoms with Crippen molar-refractivity contribution >= 4 is 22.4 Å². The van der Waals surface area contributed by atoms with E-state index in [4.69, 9.17) is 4.42 Å². The number of aromatic nitrogens is 3. The van der Waals surface area contributed by atoms with Crippen LogP contribution >= 0.6 is 11.3 Å². The van der Waals surface area contributed by atoms with Gasteiger partial charge >= 0.3 is 0 Å². The van der Waals surface area contributed by atoms with Crippen LogP contribution in [0.1, 0.15) is 22.8 Å². The molecular formula is C18H12FN3O3S. The normalized spacial score (nSPS) is 12.2. The first kappa shape index (κ1) is 16.3. The summed E-state index contributed by atoms with van der Waals surface area (Å²) in [5, 5.41) is 4.15. The zero-order valence-electron chi connectivity index (χ0n) is 13.6. The predicted molar refractivity (Wildman–Crippen MR) is 94.8 cm³/mol. The molecule has 0 saturated heterocycles. The second-order valence-electron chi connectivity index (χ2n) is 5.73. The summed E-state index contributed by atoms with van der Waals surface area (Å²) in [6, 6.07) is 9.29. The van der Waals surface area contributed by atoms with Crippen molar-refractivity contribution in [2.24, 2.45) is 0 Å². The minimum absolute atomic E-state index is 0.129. The number of furan rings is 1. The van der Waals surface area contributed by atoms with E-state index in [1.54, 1.807) is 30.3 Å². The van der Waals surface area contributed by atoms with Crippen LogP contribution in [0, 0.1) is 12.7 Å². The van der Waals surface area contributed by atoms with Gasteiger partial charge in [-0.2, -0.15) is 14.6 Å². The van der Waals surface area contributed by atoms with Crippen LogP contribution in [0.3, 0.4) is 0 Å². The van der Waals surface area contributed by atoms with E-state index in [1.165, 1.54) is 12.1 Å². The number of hydrogen-bond acceptors (Lipinski definition) is 6. The van der Waals surface area contributed by atoms with Gasteiger partial charge < -0.3 is 4.42 Å². The molecule has 0 N–H and O–H groups in total. The summed E-state index contributed by atoms with van der Waals surface area (Å²) in [5.74, 6) is 0.915. The van der Waals surface area contributed by atoms with Gasteiger partial charge in [0.05, 0.1) is 0 Å². The Bertz CT molecular complexity index is 1270. The fourth-order valence-corrected chi connectivity index (χ4v) is 3.39. The molecule has 0 amide bonds. The van der Waals surface area contributed by atoms with E-state index in [2.05, 4.69) is 10.1 Å². The van der Waals surface area contributed by atoms with Crippen LogP contribution in [0.25, 0.3) is 11.0 Å². The maximum Gasteiger partial charge on any atom is 0.296 e. The Morgan fingerprint density at radius 3 is 2.65 bits per heavy atom. The number of halogens is 1. The molecule has 4 aromatic rings. The van der Waals surface area contributed by atoms with Gasteiger partial charge in [0, 0.05) is 12.5 Å². The van der Waals surface area contributed by atoms with E-state index in [9.17, 15) is 14.0 Å². The van der Waals surface area contributed by atoms with E-state index in [0.717, 1.165) is 21.6 Å². The molecule has 0 aliphatic rings. The third-order valence-electron chi connectivity index (χ3n) is 3.77. The van der Waals surface area contributed by atoms with Gasteiger partial charge in [-0.05, 0) is 36.8 Å². The largest absolute Gasteiger partial charge is 0.462 e. The van der Waals surface area contributed by atoms with Gasteiger partial charge in [-0.1, -0.05) is 23.5 Å². The third-order valence-corrected chi connectivity index (χ3v) is 4.73. The molecule has 26 heavy (non-hydrogen) atoms. The number of hydrogen-bond donors (Lipinski definition) is 0. The summed E-state index contributed by atoms with van der Waals surface area (Å²) in [7, 11) is 0. The van der Waals surface area contributed by atoms with Crippen molar-refractivity contribution in [2.45, 2.75) is 13.3 Å². The van der Waals surface area contributed by atoms with Gasteiger partial charge in [-0.15, -0.1) is 0 Å². The van der Waals surface area contributed by atoms with E-state index < -0.39 is 5.56 Å². The van der Waals surface area contributed by atoms with Crippen molar-refractivity contribution in [2.75, 3.05) is 0 Å². The molecule has 0 aliphatic carbocycles. The maximum absolute atomic E-state index is 13.0. The molecule has 1 aromatic carbocycles. The molecule has 0 aliphatic heterocycles. The van der Waals surface area contributed by atoms with Crippen molar-refractivity contribution in [3.05, 3.63) is 90.2 Å². The monoisotopic (exact) mass is 369 g/mol. The van der Waals surface area contributed by atoms with Gasteiger partial charge in [0.2, 0.25) is 4.96 Å². The Labute approximate surface area is 149 Å². The summed E-state index contributed by atoms with van der Waals surface area (Å²) >= 11 is 1.07. The fraction of sp³-hybridized carbons (Fsp3) is 0.111. The molecule has 0 atom stereocenters. The molecule has 0 radical (unpaired) electrons. The molecule has 0 bridgehead atoms. The smallest absolute Gasteiger partial charge is 0.296 e. The van der Waals surface area contributed by atoms with Gasteiger partial charge in [0.25, 0.3) is 11.1 Å². The Morgan fingerprint density at radius 2 is 1.96 bits per heavy atom. The van der Waals surface area contributed by atoms with Crippen molar-refractivity contribution in [1.82, 2.24) is 14.6 Å². The maximum atomic E-state index is 13.0. The van der Waals surface area contributed by atoms with Gasteiger partial charge in [0.1, 0.15) is 27.6 Å². The van der Waals surface area contributed by atoms with Gasteiger partial charge in [0.15, 0.2) is 0 Å². The van der Waals surface area contributed by atoms with Crippen LogP contribution < -0.4 is 15.7 Å². The standard InChI is InChI=1S/C18H12FN3O3S/c1-10-2-7-13(25-10)9-15-17(24)22-18(26-15)20-16(23)14(21-22)8-11-3-5-12(19)6-4-11/h2-7,9H,8H2,1H3/b15-9-. The fourth-order valence-electron chi connectivity index (χ4n) is 2.51. The lowest BCUT2D eigenvalue weighted by Crippen LogP contribution is -2.28. The summed E-state index contributed by atoms with van der Waals surface area (Å²) < 4.78 is 19.9. The third kappa shape index (κ3) is 3.06. The lowest BCUT2D eigenvalue weighted by atomic mass is 10.1. The van der Waals surface area contributed by atoms with Crippen molar-refractivity contribution in [1.29, 1.82) is 0 Å². The lowest BCUT2D eigenvalue weighted by Gasteiger charge is -2.00. The Kier molecular flexibility index (Phi) is 3.96. The first-order valence-corrected chi connectivity index (χ1v) is 8.56. The molecule has 0 spiro atoms. The number of thiazole rings is 1. The average molecular weight is 369 g/mol. The number of nitrogens with zero attached hydrogens (tertiary/aromatic N) is 3. The molecule has 0 fully saturated rings. The molecule has 130 valence electrons. The van der Waals surface area contributed by atoms with Crippen LogP contribution in [-0.2, 0) is 6.42 Å². The molecular weight excluding hydrogens is 357 g/mol. The number of aryl methyl sites for hydroxylation is 1. The first-order chi connectivity index (χ1) is 12.5. The van der Waals surface area contributed by atoms with Crippen molar-refractivity contribution < 1.29 is 8.81 Å². The van der Waals surface area contributed by atoms with Crippen molar-refractivity contribution in [3.8, 4) is 0 Å². The minimum Gasteiger partial charge on any atom is -0.462 e.